The van der Waals surface area contributed by atoms with Crippen LogP contribution in [0.25, 0.3) is 11.2 Å². The van der Waals surface area contributed by atoms with Crippen LogP contribution < -0.4 is 16.4 Å². The Hall–Kier alpha value is -2.57. The summed E-state index contributed by atoms with van der Waals surface area (Å²) in [5.41, 5.74) is 6.50. The molecule has 0 radical (unpaired) electrons. The molecule has 1 saturated carbocycles. The third-order valence-electron chi connectivity index (χ3n) is 5.58. The van der Waals surface area contributed by atoms with Crippen molar-refractivity contribution in [3.63, 3.8) is 0 Å². The first-order chi connectivity index (χ1) is 15.6. The maximum atomic E-state index is 13.1. The average molecular weight is 482 g/mol. The number of rotatable bonds is 5. The molecule has 0 amide bonds. The summed E-state index contributed by atoms with van der Waals surface area (Å²) in [6.07, 6.45) is 1.35. The molecule has 0 bridgehead atoms. The number of ether oxygens (including phenoxy) is 2. The molecule has 2 aromatic rings. The predicted molar refractivity (Wildman–Crippen MR) is 117 cm³/mol. The van der Waals surface area contributed by atoms with Gasteiger partial charge in [-0.2, -0.15) is 4.98 Å². The fraction of sp³-hybridized carbons (Fsp3) is 0.579. The fourth-order valence-electron chi connectivity index (χ4n) is 3.99. The number of fused-ring (bicyclic) bond motifs is 2. The van der Waals surface area contributed by atoms with E-state index < -0.39 is 25.3 Å². The van der Waals surface area contributed by atoms with Crippen LogP contribution in [0.5, 0.6) is 0 Å². The number of imidazole rings is 1. The lowest BCUT2D eigenvalue weighted by Crippen LogP contribution is -2.37. The summed E-state index contributed by atoms with van der Waals surface area (Å²) in [6, 6.07) is -1.22. The standard InChI is InChI=1S/C19H27N6O7P/c1-9(2)32-18(27)11(4)24-33(28)30-6-12-10(3)13(5-14(12)29-8-31-33)25-7-21-15-16(25)22-19(20)23-17(15)26/h7,9,11-14H,3,5-6,8H2,1-2,4H3,(H,24,28)(H3,20,22,23,26)/t11-,12-,13-,14?,33?/m0/s1. The molecule has 1 aliphatic heterocycles. The highest BCUT2D eigenvalue weighted by Crippen LogP contribution is 2.50. The third kappa shape index (κ3) is 4.73. The zero-order valence-electron chi connectivity index (χ0n) is 18.5. The van der Waals surface area contributed by atoms with Gasteiger partial charge in [0.05, 0.1) is 31.2 Å². The molecule has 0 aromatic carbocycles. The molecule has 0 spiro atoms. The van der Waals surface area contributed by atoms with Crippen LogP contribution in [0.15, 0.2) is 23.3 Å². The molecule has 2 fully saturated rings. The Balaban J connectivity index is 1.50. The second-order valence-corrected chi connectivity index (χ2v) is 10.1. The van der Waals surface area contributed by atoms with Gasteiger partial charge >= 0.3 is 13.7 Å². The number of nitrogen functional groups attached to an aromatic ring is 1. The monoisotopic (exact) mass is 482 g/mol. The molecule has 2 aromatic heterocycles. The topological polar surface area (TPSA) is 173 Å². The van der Waals surface area contributed by atoms with Crippen LogP contribution in [0.3, 0.4) is 0 Å². The number of aromatic nitrogens is 4. The average Bonchev–Trinajstić information content (AvgIpc) is 3.25. The van der Waals surface area contributed by atoms with Crippen molar-refractivity contribution < 1.29 is 27.9 Å². The van der Waals surface area contributed by atoms with Crippen molar-refractivity contribution in [2.75, 3.05) is 19.1 Å². The Bertz CT molecular complexity index is 1180. The molecule has 180 valence electrons. The van der Waals surface area contributed by atoms with E-state index in [4.69, 9.17) is 24.3 Å². The van der Waals surface area contributed by atoms with Gasteiger partial charge < -0.3 is 19.8 Å². The van der Waals surface area contributed by atoms with E-state index in [-0.39, 0.29) is 49.0 Å². The van der Waals surface area contributed by atoms with Crippen molar-refractivity contribution in [3.8, 4) is 0 Å². The summed E-state index contributed by atoms with van der Waals surface area (Å²) in [6.45, 7) is 8.81. The molecule has 4 N–H and O–H groups in total. The molecule has 2 aliphatic rings. The van der Waals surface area contributed by atoms with Gasteiger partial charge in [-0.15, -0.1) is 0 Å². The number of anilines is 1. The van der Waals surface area contributed by atoms with Crippen molar-refractivity contribution in [2.24, 2.45) is 5.92 Å². The van der Waals surface area contributed by atoms with Crippen LogP contribution in [-0.4, -0.2) is 57.1 Å². The maximum Gasteiger partial charge on any atom is 0.408 e. The first kappa shape index (κ1) is 23.6. The summed E-state index contributed by atoms with van der Waals surface area (Å²) in [5.74, 6) is -0.912. The second-order valence-electron chi connectivity index (χ2n) is 8.29. The molecule has 1 aliphatic carbocycles. The van der Waals surface area contributed by atoms with E-state index in [9.17, 15) is 14.2 Å². The first-order valence-electron chi connectivity index (χ1n) is 10.5. The predicted octanol–water partition coefficient (Wildman–Crippen LogP) is 1.25. The van der Waals surface area contributed by atoms with Gasteiger partial charge in [0.1, 0.15) is 6.04 Å². The Kier molecular flexibility index (Phi) is 6.43. The van der Waals surface area contributed by atoms with Gasteiger partial charge in [0, 0.05) is 5.92 Å². The zero-order valence-corrected chi connectivity index (χ0v) is 19.4. The van der Waals surface area contributed by atoms with Gasteiger partial charge in [-0.1, -0.05) is 6.58 Å². The summed E-state index contributed by atoms with van der Waals surface area (Å²) in [4.78, 5) is 35.0. The van der Waals surface area contributed by atoms with Gasteiger partial charge in [0.15, 0.2) is 18.0 Å². The number of hydrogen-bond donors (Lipinski definition) is 3. The van der Waals surface area contributed by atoms with E-state index in [2.05, 4.69) is 26.6 Å². The number of nitrogens with zero attached hydrogens (tertiary/aromatic N) is 3. The highest BCUT2D eigenvalue weighted by Gasteiger charge is 2.44. The van der Waals surface area contributed by atoms with Gasteiger partial charge in [0.2, 0.25) is 5.95 Å². The minimum Gasteiger partial charge on any atom is -0.462 e. The van der Waals surface area contributed by atoms with E-state index in [0.717, 1.165) is 5.57 Å². The van der Waals surface area contributed by atoms with Crippen LogP contribution in [0.1, 0.15) is 33.2 Å². The van der Waals surface area contributed by atoms with Gasteiger partial charge in [-0.05, 0) is 32.8 Å². The molecule has 1 saturated heterocycles. The first-order valence-corrected chi connectivity index (χ1v) is 12.0. The SMILES string of the molecule is C=C1[C@@H]2COP(=O)(N[C@@H](C)C(=O)OC(C)C)OCOC2C[C@@H]1n1cnc2c(=O)[nH]c(N)nc21. The lowest BCUT2D eigenvalue weighted by molar-refractivity contribution is -0.149. The lowest BCUT2D eigenvalue weighted by atomic mass is 10.0. The molecule has 4 rings (SSSR count). The normalized spacial score (nSPS) is 29.0. The second kappa shape index (κ2) is 8.99. The Morgan fingerprint density at radius 2 is 2.18 bits per heavy atom. The molecule has 14 heteroatoms. The molecule has 2 unspecified atom stereocenters. The number of hydrogen-bond acceptors (Lipinski definition) is 10. The third-order valence-corrected chi connectivity index (χ3v) is 7.22. The maximum absolute atomic E-state index is 13.1. The Labute approximate surface area is 189 Å². The number of H-pyrrole nitrogens is 1. The number of carbonyl (C=O) groups excluding carboxylic acids is 1. The van der Waals surface area contributed by atoms with E-state index >= 15 is 0 Å². The quantitative estimate of drug-likeness (QED) is 0.318. The highest BCUT2D eigenvalue weighted by atomic mass is 31.2. The van der Waals surface area contributed by atoms with Crippen LogP contribution >= 0.6 is 7.75 Å². The largest absolute Gasteiger partial charge is 0.462 e. The number of esters is 1. The number of carbonyl (C=O) groups is 1. The summed E-state index contributed by atoms with van der Waals surface area (Å²) in [5, 5.41) is 2.59. The van der Waals surface area contributed by atoms with E-state index in [0.29, 0.717) is 12.1 Å². The van der Waals surface area contributed by atoms with Crippen molar-refractivity contribution in [1.29, 1.82) is 0 Å². The highest BCUT2D eigenvalue weighted by molar-refractivity contribution is 7.51. The Morgan fingerprint density at radius 1 is 1.42 bits per heavy atom. The molecule has 33 heavy (non-hydrogen) atoms. The molecule has 13 nitrogen and oxygen atoms in total. The van der Waals surface area contributed by atoms with E-state index in [1.54, 1.807) is 18.4 Å². The smallest absolute Gasteiger partial charge is 0.408 e. The van der Waals surface area contributed by atoms with Crippen molar-refractivity contribution in [2.45, 2.75) is 51.5 Å². The molecule has 3 heterocycles. The van der Waals surface area contributed by atoms with Gasteiger partial charge in [0.25, 0.3) is 5.56 Å². The van der Waals surface area contributed by atoms with Crippen LogP contribution in [0, 0.1) is 5.92 Å². The summed E-state index contributed by atoms with van der Waals surface area (Å²) in [7, 11) is -3.86. The van der Waals surface area contributed by atoms with Crippen molar-refractivity contribution in [1.82, 2.24) is 24.6 Å². The minimum atomic E-state index is -3.86. The minimum absolute atomic E-state index is 0.0149. The number of nitrogens with two attached hydrogens (primary N) is 1. The van der Waals surface area contributed by atoms with E-state index in [1.165, 1.54) is 13.3 Å². The lowest BCUT2D eigenvalue weighted by Gasteiger charge is -2.29. The van der Waals surface area contributed by atoms with Crippen molar-refractivity contribution in [3.05, 3.63) is 28.8 Å². The molecular formula is C19H27N6O7P. The summed E-state index contributed by atoms with van der Waals surface area (Å²) >= 11 is 0. The Morgan fingerprint density at radius 3 is 2.91 bits per heavy atom. The van der Waals surface area contributed by atoms with Crippen LogP contribution in [0.2, 0.25) is 0 Å². The van der Waals surface area contributed by atoms with Crippen molar-refractivity contribution >= 4 is 30.8 Å². The molecular weight excluding hydrogens is 455 g/mol. The summed E-state index contributed by atoms with van der Waals surface area (Å²) < 4.78 is 36.8. The molecule has 5 atom stereocenters. The van der Waals surface area contributed by atoms with Crippen LogP contribution in [0.4, 0.5) is 5.95 Å². The number of aromatic amines is 1. The van der Waals surface area contributed by atoms with E-state index in [1.807, 2.05) is 0 Å². The van der Waals surface area contributed by atoms with Gasteiger partial charge in [-0.3, -0.25) is 23.6 Å². The van der Waals surface area contributed by atoms with Gasteiger partial charge in [-0.25, -0.2) is 14.6 Å². The van der Waals surface area contributed by atoms with Crippen LogP contribution in [-0.2, 0) is 27.9 Å². The number of nitrogens with one attached hydrogen (secondary N) is 2. The fourth-order valence-corrected chi connectivity index (χ4v) is 5.35. The zero-order chi connectivity index (χ0) is 23.9.